The molecule has 1 aromatic rings. The number of nitrogens with one attached hydrogen (secondary N) is 1. The molecule has 5 heteroatoms. The average Bonchev–Trinajstić information content (AvgIpc) is 2.45. The van der Waals surface area contributed by atoms with E-state index in [0.717, 1.165) is 24.8 Å². The maximum Gasteiger partial charge on any atom is 0.240 e. The first-order valence-electron chi connectivity index (χ1n) is 7.66. The fraction of sp³-hybridized carbons (Fsp3) is 0.625. The van der Waals surface area contributed by atoms with Crippen LogP contribution in [0.3, 0.4) is 0 Å². The van der Waals surface area contributed by atoms with Crippen molar-refractivity contribution in [3.63, 3.8) is 0 Å². The van der Waals surface area contributed by atoms with Crippen LogP contribution >= 0.6 is 0 Å². The lowest BCUT2D eigenvalue weighted by Gasteiger charge is -2.25. The van der Waals surface area contributed by atoms with Crippen molar-refractivity contribution >= 4 is 10.0 Å². The van der Waals surface area contributed by atoms with E-state index in [1.807, 2.05) is 19.9 Å². The van der Waals surface area contributed by atoms with Gasteiger partial charge in [-0.2, -0.15) is 0 Å². The van der Waals surface area contributed by atoms with Crippen LogP contribution in [0.4, 0.5) is 0 Å². The van der Waals surface area contributed by atoms with Gasteiger partial charge in [0.1, 0.15) is 0 Å². The second-order valence-corrected chi connectivity index (χ2v) is 8.03. The highest BCUT2D eigenvalue weighted by atomic mass is 32.2. The van der Waals surface area contributed by atoms with Crippen LogP contribution in [0.25, 0.3) is 0 Å². The van der Waals surface area contributed by atoms with Crippen molar-refractivity contribution < 1.29 is 13.5 Å². The van der Waals surface area contributed by atoms with E-state index in [1.165, 1.54) is 0 Å². The Morgan fingerprint density at radius 3 is 2.76 bits per heavy atom. The quantitative estimate of drug-likeness (QED) is 0.878. The summed E-state index contributed by atoms with van der Waals surface area (Å²) in [6.07, 6.45) is 3.19. The third-order valence-corrected chi connectivity index (χ3v) is 5.57. The number of benzene rings is 1. The highest BCUT2D eigenvalue weighted by Gasteiger charge is 2.22. The minimum absolute atomic E-state index is 0.233. The molecule has 2 atom stereocenters. The first-order chi connectivity index (χ1) is 9.88. The van der Waals surface area contributed by atoms with Crippen molar-refractivity contribution in [1.82, 2.24) is 4.72 Å². The number of aliphatic hydroxyl groups is 1. The van der Waals surface area contributed by atoms with Gasteiger partial charge in [-0.15, -0.1) is 0 Å². The molecule has 118 valence electrons. The van der Waals surface area contributed by atoms with Crippen LogP contribution in [0.1, 0.15) is 51.0 Å². The van der Waals surface area contributed by atoms with E-state index in [-0.39, 0.29) is 12.0 Å². The van der Waals surface area contributed by atoms with Crippen LogP contribution in [0, 0.1) is 5.92 Å². The molecule has 0 aliphatic heterocycles. The number of rotatable bonds is 5. The Labute approximate surface area is 127 Å². The SMILES string of the molecule is CC(C)c1cccc(S(=O)(=O)NCC2CCCC(O)C2)c1. The summed E-state index contributed by atoms with van der Waals surface area (Å²) in [5.74, 6) is 0.533. The fourth-order valence-electron chi connectivity index (χ4n) is 2.80. The van der Waals surface area contributed by atoms with Gasteiger partial charge in [-0.3, -0.25) is 0 Å². The van der Waals surface area contributed by atoms with E-state index in [0.29, 0.717) is 23.8 Å². The van der Waals surface area contributed by atoms with Crippen LogP contribution in [0.2, 0.25) is 0 Å². The molecule has 0 heterocycles. The summed E-state index contributed by atoms with van der Waals surface area (Å²) in [7, 11) is -3.46. The highest BCUT2D eigenvalue weighted by Crippen LogP contribution is 2.24. The molecular formula is C16H25NO3S. The molecule has 0 bridgehead atoms. The van der Waals surface area contributed by atoms with E-state index in [9.17, 15) is 13.5 Å². The van der Waals surface area contributed by atoms with Crippen LogP contribution in [-0.4, -0.2) is 26.2 Å². The number of sulfonamides is 1. The van der Waals surface area contributed by atoms with Crippen molar-refractivity contribution in [2.45, 2.75) is 56.4 Å². The molecule has 0 spiro atoms. The lowest BCUT2D eigenvalue weighted by Crippen LogP contribution is -2.33. The summed E-state index contributed by atoms with van der Waals surface area (Å²) in [5, 5.41) is 9.65. The molecule has 0 saturated heterocycles. The zero-order valence-electron chi connectivity index (χ0n) is 12.7. The molecule has 2 N–H and O–H groups in total. The number of hydrogen-bond donors (Lipinski definition) is 2. The van der Waals surface area contributed by atoms with Gasteiger partial charge in [0.2, 0.25) is 10.0 Å². The number of hydrogen-bond acceptors (Lipinski definition) is 3. The van der Waals surface area contributed by atoms with Gasteiger partial charge >= 0.3 is 0 Å². The summed E-state index contributed by atoms with van der Waals surface area (Å²) >= 11 is 0. The van der Waals surface area contributed by atoms with Gasteiger partial charge in [0, 0.05) is 6.54 Å². The highest BCUT2D eigenvalue weighted by molar-refractivity contribution is 7.89. The zero-order chi connectivity index (χ0) is 15.5. The van der Waals surface area contributed by atoms with Gasteiger partial charge in [-0.25, -0.2) is 13.1 Å². The van der Waals surface area contributed by atoms with Crippen LogP contribution in [0.15, 0.2) is 29.2 Å². The van der Waals surface area contributed by atoms with Crippen LogP contribution in [-0.2, 0) is 10.0 Å². The third kappa shape index (κ3) is 4.53. The summed E-state index contributed by atoms with van der Waals surface area (Å²) in [4.78, 5) is 0.324. The van der Waals surface area contributed by atoms with Gasteiger partial charge in [-0.1, -0.05) is 32.4 Å². The Morgan fingerprint density at radius 2 is 2.10 bits per heavy atom. The molecule has 2 rings (SSSR count). The molecule has 4 nitrogen and oxygen atoms in total. The Hall–Kier alpha value is -0.910. The van der Waals surface area contributed by atoms with Gasteiger partial charge in [-0.05, 0) is 48.8 Å². The van der Waals surface area contributed by atoms with Crippen molar-refractivity contribution in [2.75, 3.05) is 6.54 Å². The monoisotopic (exact) mass is 311 g/mol. The molecule has 1 aliphatic rings. The fourth-order valence-corrected chi connectivity index (χ4v) is 3.97. The molecule has 0 amide bonds. The lowest BCUT2D eigenvalue weighted by atomic mass is 9.87. The average molecular weight is 311 g/mol. The third-order valence-electron chi connectivity index (χ3n) is 4.15. The minimum Gasteiger partial charge on any atom is -0.393 e. The molecule has 0 aromatic heterocycles. The second kappa shape index (κ2) is 6.90. The molecule has 0 radical (unpaired) electrons. The Morgan fingerprint density at radius 1 is 1.33 bits per heavy atom. The van der Waals surface area contributed by atoms with Crippen molar-refractivity contribution in [2.24, 2.45) is 5.92 Å². The van der Waals surface area contributed by atoms with Gasteiger partial charge in [0.05, 0.1) is 11.0 Å². The van der Waals surface area contributed by atoms with Crippen LogP contribution < -0.4 is 4.72 Å². The molecule has 21 heavy (non-hydrogen) atoms. The van der Waals surface area contributed by atoms with E-state index in [4.69, 9.17) is 0 Å². The molecule has 2 unspecified atom stereocenters. The summed E-state index contributed by atoms with van der Waals surface area (Å²) in [5.41, 5.74) is 1.02. The molecular weight excluding hydrogens is 286 g/mol. The molecule has 1 saturated carbocycles. The van der Waals surface area contributed by atoms with E-state index >= 15 is 0 Å². The van der Waals surface area contributed by atoms with E-state index in [1.54, 1.807) is 18.2 Å². The summed E-state index contributed by atoms with van der Waals surface area (Å²) in [6, 6.07) is 7.10. The van der Waals surface area contributed by atoms with Crippen molar-refractivity contribution in [1.29, 1.82) is 0 Å². The lowest BCUT2D eigenvalue weighted by molar-refractivity contribution is 0.102. The Bertz CT molecular complexity index is 569. The second-order valence-electron chi connectivity index (χ2n) is 6.27. The predicted molar refractivity (Wildman–Crippen MR) is 83.7 cm³/mol. The Balaban J connectivity index is 2.03. The van der Waals surface area contributed by atoms with Crippen LogP contribution in [0.5, 0.6) is 0 Å². The maximum absolute atomic E-state index is 12.4. The largest absolute Gasteiger partial charge is 0.393 e. The van der Waals surface area contributed by atoms with Gasteiger partial charge in [0.15, 0.2) is 0 Å². The first-order valence-corrected chi connectivity index (χ1v) is 9.14. The molecule has 1 fully saturated rings. The standard InChI is InChI=1S/C16H25NO3S/c1-12(2)14-6-4-8-16(10-14)21(19,20)17-11-13-5-3-7-15(18)9-13/h4,6,8,10,12-13,15,17-18H,3,5,7,9,11H2,1-2H3. The maximum atomic E-state index is 12.4. The van der Waals surface area contributed by atoms with Gasteiger partial charge in [0.25, 0.3) is 0 Å². The summed E-state index contributed by atoms with van der Waals surface area (Å²) < 4.78 is 27.4. The van der Waals surface area contributed by atoms with Crippen molar-refractivity contribution in [3.8, 4) is 0 Å². The molecule has 1 aromatic carbocycles. The Kier molecular flexibility index (Phi) is 5.41. The van der Waals surface area contributed by atoms with E-state index < -0.39 is 10.0 Å². The number of aliphatic hydroxyl groups excluding tert-OH is 1. The first kappa shape index (κ1) is 16.5. The minimum atomic E-state index is -3.46. The van der Waals surface area contributed by atoms with Crippen molar-refractivity contribution in [3.05, 3.63) is 29.8 Å². The smallest absolute Gasteiger partial charge is 0.240 e. The zero-order valence-corrected chi connectivity index (χ0v) is 13.6. The van der Waals surface area contributed by atoms with Gasteiger partial charge < -0.3 is 5.11 Å². The normalized spacial score (nSPS) is 23.4. The topological polar surface area (TPSA) is 66.4 Å². The van der Waals surface area contributed by atoms with E-state index in [2.05, 4.69) is 4.72 Å². The molecule has 1 aliphatic carbocycles. The predicted octanol–water partition coefficient (Wildman–Crippen LogP) is 2.64. The summed E-state index contributed by atoms with van der Waals surface area (Å²) in [6.45, 7) is 4.50.